The lowest BCUT2D eigenvalue weighted by Crippen LogP contribution is -2.46. The van der Waals surface area contributed by atoms with E-state index in [-0.39, 0.29) is 5.91 Å². The zero-order chi connectivity index (χ0) is 15.1. The molecule has 0 saturated carbocycles. The molecule has 2 rings (SSSR count). The minimum Gasteiger partial charge on any atom is -0.354 e. The maximum Gasteiger partial charge on any atom is 0.221 e. The van der Waals surface area contributed by atoms with Crippen LogP contribution in [0.2, 0.25) is 0 Å². The summed E-state index contributed by atoms with van der Waals surface area (Å²) in [6, 6.07) is 2.51. The van der Waals surface area contributed by atoms with Crippen molar-refractivity contribution in [2.75, 3.05) is 19.6 Å². The first-order valence-corrected chi connectivity index (χ1v) is 8.28. The van der Waals surface area contributed by atoms with Crippen molar-refractivity contribution in [3.63, 3.8) is 0 Å². The van der Waals surface area contributed by atoms with Gasteiger partial charge in [0, 0.05) is 49.0 Å². The van der Waals surface area contributed by atoms with Gasteiger partial charge in [-0.15, -0.1) is 0 Å². The Kier molecular flexibility index (Phi) is 6.60. The molecule has 0 spiro atoms. The molecule has 21 heavy (non-hydrogen) atoms. The molecule has 0 aliphatic carbocycles. The fourth-order valence-corrected chi connectivity index (χ4v) is 3.14. The van der Waals surface area contributed by atoms with Crippen molar-refractivity contribution in [2.24, 2.45) is 5.73 Å². The molecule has 6 heteroatoms. The van der Waals surface area contributed by atoms with Gasteiger partial charge in [0.2, 0.25) is 5.91 Å². The number of pyridine rings is 1. The fourth-order valence-electron chi connectivity index (χ4n) is 2.73. The van der Waals surface area contributed by atoms with Crippen LogP contribution in [0.5, 0.6) is 0 Å². The van der Waals surface area contributed by atoms with Crippen LogP contribution in [0, 0.1) is 0 Å². The van der Waals surface area contributed by atoms with Crippen LogP contribution in [0.15, 0.2) is 22.9 Å². The average molecular weight is 355 g/mol. The van der Waals surface area contributed by atoms with Crippen LogP contribution in [0.1, 0.15) is 31.2 Å². The summed E-state index contributed by atoms with van der Waals surface area (Å²) in [7, 11) is 0. The molecule has 0 radical (unpaired) electrons. The highest BCUT2D eigenvalue weighted by Crippen LogP contribution is 2.20. The lowest BCUT2D eigenvalue weighted by atomic mass is 10.0. The first-order chi connectivity index (χ1) is 10.2. The van der Waals surface area contributed by atoms with Crippen molar-refractivity contribution in [3.8, 4) is 0 Å². The Labute approximate surface area is 134 Å². The molecule has 116 valence electrons. The van der Waals surface area contributed by atoms with Crippen LogP contribution in [-0.2, 0) is 11.3 Å². The van der Waals surface area contributed by atoms with E-state index < -0.39 is 0 Å². The van der Waals surface area contributed by atoms with E-state index in [4.69, 9.17) is 5.73 Å². The number of rotatable bonds is 6. The van der Waals surface area contributed by atoms with Crippen LogP contribution in [0.25, 0.3) is 0 Å². The monoisotopic (exact) mass is 354 g/mol. The molecule has 0 aromatic carbocycles. The smallest absolute Gasteiger partial charge is 0.221 e. The van der Waals surface area contributed by atoms with Crippen molar-refractivity contribution in [2.45, 2.75) is 38.3 Å². The number of hydrogen-bond donors (Lipinski definition) is 2. The molecule has 1 fully saturated rings. The second kappa shape index (κ2) is 8.46. The summed E-state index contributed by atoms with van der Waals surface area (Å²) in [5, 5.41) is 2.99. The van der Waals surface area contributed by atoms with Gasteiger partial charge in [-0.1, -0.05) is 6.42 Å². The number of nitrogens with one attached hydrogen (secondary N) is 1. The van der Waals surface area contributed by atoms with E-state index in [9.17, 15) is 4.79 Å². The van der Waals surface area contributed by atoms with Gasteiger partial charge in [0.1, 0.15) is 0 Å². The second-order valence-corrected chi connectivity index (χ2v) is 6.39. The third-order valence-corrected chi connectivity index (χ3v) is 4.24. The maximum atomic E-state index is 11.6. The Hall–Kier alpha value is -0.980. The molecule has 5 nitrogen and oxygen atoms in total. The predicted octanol–water partition coefficient (Wildman–Crippen LogP) is 1.66. The molecule has 3 N–H and O–H groups in total. The van der Waals surface area contributed by atoms with Gasteiger partial charge >= 0.3 is 0 Å². The molecule has 1 aliphatic heterocycles. The van der Waals surface area contributed by atoms with Gasteiger partial charge in [-0.3, -0.25) is 14.7 Å². The molecular weight excluding hydrogens is 332 g/mol. The highest BCUT2D eigenvalue weighted by Gasteiger charge is 2.22. The van der Waals surface area contributed by atoms with Crippen LogP contribution >= 0.6 is 15.9 Å². The van der Waals surface area contributed by atoms with Gasteiger partial charge in [0.05, 0.1) is 0 Å². The standard InChI is InChI=1S/C15H23BrN4O/c16-13-7-12(8-18-9-13)11-20-6-2-1-3-14(20)10-19-15(21)4-5-17/h7-9,14H,1-6,10-11,17H2,(H,19,21). The molecule has 1 aliphatic rings. The summed E-state index contributed by atoms with van der Waals surface area (Å²) in [6.45, 7) is 3.07. The first kappa shape index (κ1) is 16.4. The highest BCUT2D eigenvalue weighted by atomic mass is 79.9. The molecule has 1 atom stereocenters. The van der Waals surface area contributed by atoms with Crippen molar-refractivity contribution < 1.29 is 4.79 Å². The molecule has 1 saturated heterocycles. The SMILES string of the molecule is NCCC(=O)NCC1CCCCN1Cc1cncc(Br)c1. The molecule has 2 heterocycles. The number of aromatic nitrogens is 1. The van der Waals surface area contributed by atoms with Gasteiger partial charge in [0.15, 0.2) is 0 Å². The van der Waals surface area contributed by atoms with Crippen LogP contribution in [0.3, 0.4) is 0 Å². The molecule has 0 bridgehead atoms. The van der Waals surface area contributed by atoms with Gasteiger partial charge in [0.25, 0.3) is 0 Å². The van der Waals surface area contributed by atoms with E-state index in [1.165, 1.54) is 18.4 Å². The number of nitrogens with two attached hydrogens (primary N) is 1. The van der Waals surface area contributed by atoms with Gasteiger partial charge < -0.3 is 11.1 Å². The first-order valence-electron chi connectivity index (χ1n) is 7.49. The van der Waals surface area contributed by atoms with E-state index in [1.807, 2.05) is 6.20 Å². The Balaban J connectivity index is 1.90. The summed E-state index contributed by atoms with van der Waals surface area (Å²) in [6.07, 6.45) is 7.68. The van der Waals surface area contributed by atoms with E-state index in [1.54, 1.807) is 6.20 Å². The number of carbonyl (C=O) groups is 1. The topological polar surface area (TPSA) is 71.2 Å². The minimum atomic E-state index is 0.0483. The predicted molar refractivity (Wildman–Crippen MR) is 86.7 cm³/mol. The molecule has 1 amide bonds. The van der Waals surface area contributed by atoms with Crippen molar-refractivity contribution in [1.29, 1.82) is 0 Å². The Morgan fingerprint density at radius 1 is 1.48 bits per heavy atom. The second-order valence-electron chi connectivity index (χ2n) is 5.47. The number of halogens is 1. The van der Waals surface area contributed by atoms with Gasteiger partial charge in [-0.25, -0.2) is 0 Å². The quantitative estimate of drug-likeness (QED) is 0.814. The van der Waals surface area contributed by atoms with Gasteiger partial charge in [-0.05, 0) is 46.9 Å². The number of hydrogen-bond acceptors (Lipinski definition) is 4. The summed E-state index contributed by atoms with van der Waals surface area (Å²) in [5.41, 5.74) is 6.60. The van der Waals surface area contributed by atoms with Crippen LogP contribution in [0.4, 0.5) is 0 Å². The molecular formula is C15H23BrN4O. The summed E-state index contributed by atoms with van der Waals surface area (Å²) in [4.78, 5) is 18.2. The lowest BCUT2D eigenvalue weighted by Gasteiger charge is -2.35. The number of likely N-dealkylation sites (tertiary alicyclic amines) is 1. The highest BCUT2D eigenvalue weighted by molar-refractivity contribution is 9.10. The maximum absolute atomic E-state index is 11.6. The van der Waals surface area contributed by atoms with Crippen LogP contribution < -0.4 is 11.1 Å². The fraction of sp³-hybridized carbons (Fsp3) is 0.600. The zero-order valence-corrected chi connectivity index (χ0v) is 13.8. The van der Waals surface area contributed by atoms with Gasteiger partial charge in [-0.2, -0.15) is 0 Å². The van der Waals surface area contributed by atoms with E-state index in [2.05, 4.69) is 37.2 Å². The van der Waals surface area contributed by atoms with Crippen molar-refractivity contribution in [1.82, 2.24) is 15.2 Å². The Bertz CT molecular complexity index is 469. The average Bonchev–Trinajstić information content (AvgIpc) is 2.47. The normalized spacial score (nSPS) is 19.4. The van der Waals surface area contributed by atoms with Crippen molar-refractivity contribution in [3.05, 3.63) is 28.5 Å². The largest absolute Gasteiger partial charge is 0.354 e. The zero-order valence-electron chi connectivity index (χ0n) is 12.2. The molecule has 1 aromatic rings. The third kappa shape index (κ3) is 5.37. The van der Waals surface area contributed by atoms with E-state index in [0.717, 1.165) is 24.0 Å². The lowest BCUT2D eigenvalue weighted by molar-refractivity contribution is -0.121. The molecule has 1 unspecified atom stereocenters. The third-order valence-electron chi connectivity index (χ3n) is 3.80. The summed E-state index contributed by atoms with van der Waals surface area (Å²) in [5.74, 6) is 0.0483. The minimum absolute atomic E-state index is 0.0483. The number of carbonyl (C=O) groups excluding carboxylic acids is 1. The Morgan fingerprint density at radius 3 is 3.10 bits per heavy atom. The summed E-state index contributed by atoms with van der Waals surface area (Å²) >= 11 is 3.46. The van der Waals surface area contributed by atoms with E-state index in [0.29, 0.717) is 25.6 Å². The van der Waals surface area contributed by atoms with Crippen molar-refractivity contribution >= 4 is 21.8 Å². The number of nitrogens with zero attached hydrogens (tertiary/aromatic N) is 2. The van der Waals surface area contributed by atoms with Crippen LogP contribution in [-0.4, -0.2) is 41.5 Å². The summed E-state index contributed by atoms with van der Waals surface area (Å²) < 4.78 is 1.00. The number of piperidine rings is 1. The Morgan fingerprint density at radius 2 is 2.33 bits per heavy atom. The van der Waals surface area contributed by atoms with E-state index >= 15 is 0 Å². The molecule has 1 aromatic heterocycles. The number of amides is 1.